The molecule has 0 aliphatic carbocycles. The summed E-state index contributed by atoms with van der Waals surface area (Å²) in [4.78, 5) is 11.9. The first kappa shape index (κ1) is 20.5. The summed E-state index contributed by atoms with van der Waals surface area (Å²) in [5.41, 5.74) is 2.01. The maximum Gasteiger partial charge on any atom is 0.227 e. The fraction of sp³-hybridized carbons (Fsp3) is 0.500. The summed E-state index contributed by atoms with van der Waals surface area (Å²) in [7, 11) is -3.19. The van der Waals surface area contributed by atoms with Crippen molar-refractivity contribution in [2.75, 3.05) is 42.8 Å². The minimum absolute atomic E-state index is 0.0331. The summed E-state index contributed by atoms with van der Waals surface area (Å²) in [5, 5.41) is 3.50. The van der Waals surface area contributed by atoms with Gasteiger partial charge in [0.2, 0.25) is 5.95 Å². The largest absolute Gasteiger partial charge is 0.378 e. The second-order valence-corrected chi connectivity index (χ2v) is 8.96. The van der Waals surface area contributed by atoms with E-state index in [4.69, 9.17) is 9.72 Å². The summed E-state index contributed by atoms with van der Waals surface area (Å²) < 4.78 is 28.8. The summed E-state index contributed by atoms with van der Waals surface area (Å²) in [5.74, 6) is 1.51. The zero-order valence-corrected chi connectivity index (χ0v) is 17.5. The average Bonchev–Trinajstić information content (AvgIpc) is 2.72. The molecule has 1 aliphatic rings. The number of morpholine rings is 1. The predicted molar refractivity (Wildman–Crippen MR) is 111 cm³/mol. The minimum Gasteiger partial charge on any atom is -0.378 e. The van der Waals surface area contributed by atoms with Crippen molar-refractivity contribution in [1.82, 2.24) is 9.97 Å². The van der Waals surface area contributed by atoms with Crippen LogP contribution in [0.3, 0.4) is 0 Å². The van der Waals surface area contributed by atoms with Gasteiger partial charge in [0.1, 0.15) is 5.82 Å². The Morgan fingerprint density at radius 2 is 1.82 bits per heavy atom. The number of nitrogens with zero attached hydrogens (tertiary/aromatic N) is 3. The summed E-state index contributed by atoms with van der Waals surface area (Å²) in [6, 6.07) is 9.06. The Labute approximate surface area is 167 Å². The maximum absolute atomic E-state index is 11.7. The fourth-order valence-electron chi connectivity index (χ4n) is 3.19. The molecule has 0 saturated carbocycles. The number of nitrogens with one attached hydrogen (secondary N) is 1. The van der Waals surface area contributed by atoms with Gasteiger partial charge in [-0.15, -0.1) is 0 Å². The monoisotopic (exact) mass is 404 g/mol. The number of aromatic nitrogens is 2. The molecule has 1 aromatic heterocycles. The highest BCUT2D eigenvalue weighted by molar-refractivity contribution is 7.90. The molecule has 1 aliphatic heterocycles. The molecule has 2 heterocycles. The van der Waals surface area contributed by atoms with Crippen molar-refractivity contribution in [3.8, 4) is 0 Å². The first-order chi connectivity index (χ1) is 13.4. The second-order valence-electron chi connectivity index (χ2n) is 6.94. The van der Waals surface area contributed by atoms with Gasteiger partial charge in [-0.3, -0.25) is 0 Å². The van der Waals surface area contributed by atoms with Gasteiger partial charge in [-0.1, -0.05) is 26.0 Å². The van der Waals surface area contributed by atoms with Gasteiger partial charge < -0.3 is 15.0 Å². The number of aryl methyl sites for hydroxylation is 1. The number of hydrogen-bond acceptors (Lipinski definition) is 7. The molecule has 0 bridgehead atoms. The Bertz CT molecular complexity index is 894. The Morgan fingerprint density at radius 3 is 2.39 bits per heavy atom. The highest BCUT2D eigenvalue weighted by Gasteiger charge is 2.17. The topological polar surface area (TPSA) is 84.4 Å². The lowest BCUT2D eigenvalue weighted by molar-refractivity contribution is 0.122. The highest BCUT2D eigenvalue weighted by Crippen LogP contribution is 2.25. The van der Waals surface area contributed by atoms with Crippen LogP contribution in [-0.4, -0.2) is 50.9 Å². The first-order valence-electron chi connectivity index (χ1n) is 9.68. The fourth-order valence-corrected chi connectivity index (χ4v) is 3.82. The summed E-state index contributed by atoms with van der Waals surface area (Å²) in [6.07, 6.45) is 2.89. The van der Waals surface area contributed by atoms with Crippen molar-refractivity contribution < 1.29 is 13.2 Å². The molecule has 0 amide bonds. The van der Waals surface area contributed by atoms with Gasteiger partial charge in [0.05, 0.1) is 24.2 Å². The quantitative estimate of drug-likeness (QED) is 0.759. The van der Waals surface area contributed by atoms with Crippen molar-refractivity contribution in [3.05, 3.63) is 41.6 Å². The molecule has 2 aromatic rings. The Balaban J connectivity index is 1.83. The second kappa shape index (κ2) is 8.87. The van der Waals surface area contributed by atoms with Crippen molar-refractivity contribution >= 4 is 21.6 Å². The third kappa shape index (κ3) is 4.99. The first-order valence-corrected chi connectivity index (χ1v) is 11.6. The van der Waals surface area contributed by atoms with Crippen LogP contribution in [0.1, 0.15) is 37.6 Å². The van der Waals surface area contributed by atoms with Gasteiger partial charge in [0.25, 0.3) is 0 Å². The van der Waals surface area contributed by atoms with E-state index in [-0.39, 0.29) is 6.04 Å². The summed E-state index contributed by atoms with van der Waals surface area (Å²) in [6.45, 7) is 7.12. The standard InChI is InChI=1S/C20H28N4O3S/c1-4-16-14-19(23-20(21-16)24-10-12-27-13-11-24)22-18(5-2)15-6-8-17(9-7-15)28(3,25)26/h6-9,14,18H,4-5,10-13H2,1-3H3,(H,21,22,23). The van der Waals surface area contributed by atoms with Crippen LogP contribution in [0.15, 0.2) is 35.2 Å². The SMILES string of the molecule is CCc1cc(NC(CC)c2ccc(S(C)(=O)=O)cc2)nc(N2CCOCC2)n1. The van der Waals surface area contributed by atoms with E-state index in [0.717, 1.165) is 49.0 Å². The normalized spacial score (nSPS) is 16.0. The van der Waals surface area contributed by atoms with Gasteiger partial charge in [0.15, 0.2) is 9.84 Å². The van der Waals surface area contributed by atoms with E-state index in [0.29, 0.717) is 18.1 Å². The highest BCUT2D eigenvalue weighted by atomic mass is 32.2. The van der Waals surface area contributed by atoms with Crippen molar-refractivity contribution in [3.63, 3.8) is 0 Å². The van der Waals surface area contributed by atoms with Crippen molar-refractivity contribution in [1.29, 1.82) is 0 Å². The van der Waals surface area contributed by atoms with Crippen LogP contribution in [0.2, 0.25) is 0 Å². The van der Waals surface area contributed by atoms with Gasteiger partial charge in [-0.25, -0.2) is 13.4 Å². The number of ether oxygens (including phenoxy) is 1. The van der Waals surface area contributed by atoms with Crippen LogP contribution < -0.4 is 10.2 Å². The molecule has 3 rings (SSSR count). The van der Waals surface area contributed by atoms with E-state index in [1.54, 1.807) is 12.1 Å². The number of hydrogen-bond donors (Lipinski definition) is 1. The van der Waals surface area contributed by atoms with Crippen LogP contribution in [0.4, 0.5) is 11.8 Å². The van der Waals surface area contributed by atoms with Gasteiger partial charge in [-0.2, -0.15) is 4.98 Å². The molecule has 1 fully saturated rings. The molecule has 1 saturated heterocycles. The third-order valence-corrected chi connectivity index (χ3v) is 5.99. The number of anilines is 2. The van der Waals surface area contributed by atoms with Gasteiger partial charge >= 0.3 is 0 Å². The molecule has 1 N–H and O–H groups in total. The van der Waals surface area contributed by atoms with Gasteiger partial charge in [0, 0.05) is 31.1 Å². The average molecular weight is 405 g/mol. The lowest BCUT2D eigenvalue weighted by Crippen LogP contribution is -2.37. The molecular weight excluding hydrogens is 376 g/mol. The number of sulfone groups is 1. The molecule has 1 atom stereocenters. The van der Waals surface area contributed by atoms with E-state index in [1.165, 1.54) is 6.26 Å². The zero-order valence-electron chi connectivity index (χ0n) is 16.7. The van der Waals surface area contributed by atoms with E-state index < -0.39 is 9.84 Å². The van der Waals surface area contributed by atoms with Crippen molar-refractivity contribution in [2.45, 2.75) is 37.6 Å². The molecule has 1 unspecified atom stereocenters. The molecule has 152 valence electrons. The van der Waals surface area contributed by atoms with Gasteiger partial charge in [-0.05, 0) is 30.5 Å². The molecule has 8 heteroatoms. The number of rotatable bonds is 7. The smallest absolute Gasteiger partial charge is 0.227 e. The molecule has 0 spiro atoms. The Hall–Kier alpha value is -2.19. The lowest BCUT2D eigenvalue weighted by atomic mass is 10.0. The molecular formula is C20H28N4O3S. The van der Waals surface area contributed by atoms with Crippen LogP contribution in [0, 0.1) is 0 Å². The van der Waals surface area contributed by atoms with Crippen LogP contribution >= 0.6 is 0 Å². The maximum atomic E-state index is 11.7. The molecule has 1 aromatic carbocycles. The van der Waals surface area contributed by atoms with Crippen molar-refractivity contribution in [2.24, 2.45) is 0 Å². The van der Waals surface area contributed by atoms with E-state index >= 15 is 0 Å². The van der Waals surface area contributed by atoms with Crippen LogP contribution in [-0.2, 0) is 21.0 Å². The predicted octanol–water partition coefficient (Wildman–Crippen LogP) is 2.84. The third-order valence-electron chi connectivity index (χ3n) is 4.86. The van der Waals surface area contributed by atoms with E-state index in [2.05, 4.69) is 29.0 Å². The molecule has 28 heavy (non-hydrogen) atoms. The van der Waals surface area contributed by atoms with E-state index in [1.807, 2.05) is 18.2 Å². The lowest BCUT2D eigenvalue weighted by Gasteiger charge is -2.28. The Morgan fingerprint density at radius 1 is 1.14 bits per heavy atom. The molecule has 0 radical (unpaired) electrons. The van der Waals surface area contributed by atoms with Crippen LogP contribution in [0.5, 0.6) is 0 Å². The molecule has 7 nitrogen and oxygen atoms in total. The Kier molecular flexibility index (Phi) is 6.51. The summed E-state index contributed by atoms with van der Waals surface area (Å²) >= 11 is 0. The van der Waals surface area contributed by atoms with Crippen LogP contribution in [0.25, 0.3) is 0 Å². The number of benzene rings is 1. The zero-order chi connectivity index (χ0) is 20.1. The van der Waals surface area contributed by atoms with E-state index in [9.17, 15) is 8.42 Å². The minimum atomic E-state index is -3.19.